The van der Waals surface area contributed by atoms with Gasteiger partial charge in [-0.1, -0.05) is 11.6 Å². The predicted octanol–water partition coefficient (Wildman–Crippen LogP) is 2.39. The molecule has 0 aliphatic heterocycles. The Kier molecular flexibility index (Phi) is 3.66. The molecule has 0 aliphatic carbocycles. The van der Waals surface area contributed by atoms with E-state index >= 15 is 0 Å². The largest absolute Gasteiger partial charge is 0.243 e. The van der Waals surface area contributed by atoms with Gasteiger partial charge >= 0.3 is 0 Å². The lowest BCUT2D eigenvalue weighted by Gasteiger charge is -2.20. The number of aromatic nitrogens is 7. The molecule has 2 aromatic heterocycles. The summed E-state index contributed by atoms with van der Waals surface area (Å²) in [6.07, 6.45) is 1.54. The second-order valence-electron chi connectivity index (χ2n) is 5.91. The lowest BCUT2D eigenvalue weighted by Crippen LogP contribution is -2.26. The highest BCUT2D eigenvalue weighted by Gasteiger charge is 2.19. The molecule has 0 aliphatic rings. The fourth-order valence-corrected chi connectivity index (χ4v) is 2.21. The molecule has 0 amide bonds. The van der Waals surface area contributed by atoms with Crippen LogP contribution in [0.5, 0.6) is 0 Å². The zero-order valence-electron chi connectivity index (χ0n) is 12.6. The molecular weight excluding hydrogens is 302 g/mol. The first kappa shape index (κ1) is 14.6. The van der Waals surface area contributed by atoms with Crippen molar-refractivity contribution in [1.82, 2.24) is 35.0 Å². The molecule has 0 spiro atoms. The molecule has 0 radical (unpaired) electrons. The highest BCUT2D eigenvalue weighted by Crippen LogP contribution is 2.18. The van der Waals surface area contributed by atoms with E-state index in [-0.39, 0.29) is 5.54 Å². The molecule has 2 heterocycles. The Morgan fingerprint density at radius 3 is 2.55 bits per heavy atom. The molecule has 22 heavy (non-hydrogen) atoms. The first-order valence-electron chi connectivity index (χ1n) is 6.86. The van der Waals surface area contributed by atoms with Gasteiger partial charge in [0.05, 0.1) is 5.54 Å². The molecule has 3 aromatic rings. The molecular formula is C14H16ClN7. The van der Waals surface area contributed by atoms with Gasteiger partial charge in [-0.2, -0.15) is 9.90 Å². The van der Waals surface area contributed by atoms with Crippen LogP contribution in [0.15, 0.2) is 30.6 Å². The highest BCUT2D eigenvalue weighted by atomic mass is 35.5. The minimum absolute atomic E-state index is 0.147. The van der Waals surface area contributed by atoms with Gasteiger partial charge < -0.3 is 0 Å². The molecule has 0 saturated heterocycles. The van der Waals surface area contributed by atoms with Crippen LogP contribution in [0.4, 0.5) is 0 Å². The lowest BCUT2D eigenvalue weighted by molar-refractivity contribution is 0.333. The van der Waals surface area contributed by atoms with E-state index in [0.717, 1.165) is 11.4 Å². The smallest absolute Gasteiger partial charge is 0.204 e. The summed E-state index contributed by atoms with van der Waals surface area (Å²) in [5.74, 6) is 1.34. The summed E-state index contributed by atoms with van der Waals surface area (Å²) in [4.78, 5) is 5.79. The summed E-state index contributed by atoms with van der Waals surface area (Å²) in [5.41, 5.74) is 0.721. The van der Waals surface area contributed by atoms with Gasteiger partial charge in [0.2, 0.25) is 5.82 Å². The van der Waals surface area contributed by atoms with Gasteiger partial charge in [0.1, 0.15) is 12.9 Å². The quantitative estimate of drug-likeness (QED) is 0.741. The maximum atomic E-state index is 5.88. The average molecular weight is 318 g/mol. The van der Waals surface area contributed by atoms with Crippen LogP contribution >= 0.6 is 11.6 Å². The van der Waals surface area contributed by atoms with E-state index in [2.05, 4.69) is 46.3 Å². The van der Waals surface area contributed by atoms with E-state index in [9.17, 15) is 0 Å². The Morgan fingerprint density at radius 2 is 1.86 bits per heavy atom. The SMILES string of the molecule is CC(C)(C)n1ncnc1Cn1nnc(-c2ccc(Cl)cc2)n1. The van der Waals surface area contributed by atoms with Crippen molar-refractivity contribution >= 4 is 11.6 Å². The summed E-state index contributed by atoms with van der Waals surface area (Å²) in [6, 6.07) is 7.32. The number of hydrogen-bond acceptors (Lipinski definition) is 5. The Morgan fingerprint density at radius 1 is 1.14 bits per heavy atom. The first-order valence-corrected chi connectivity index (χ1v) is 7.24. The summed E-state index contributed by atoms with van der Waals surface area (Å²) in [5, 5.41) is 17.5. The van der Waals surface area contributed by atoms with Crippen LogP contribution < -0.4 is 0 Å². The van der Waals surface area contributed by atoms with Gasteiger partial charge in [-0.05, 0) is 50.3 Å². The lowest BCUT2D eigenvalue weighted by atomic mass is 10.1. The minimum atomic E-state index is -0.147. The zero-order valence-corrected chi connectivity index (χ0v) is 13.4. The van der Waals surface area contributed by atoms with Crippen molar-refractivity contribution in [2.75, 3.05) is 0 Å². The number of benzene rings is 1. The fraction of sp³-hybridized carbons (Fsp3) is 0.357. The van der Waals surface area contributed by atoms with E-state index in [4.69, 9.17) is 11.6 Å². The topological polar surface area (TPSA) is 74.3 Å². The molecule has 0 atom stereocenters. The molecule has 0 N–H and O–H groups in total. The average Bonchev–Trinajstić information content (AvgIpc) is 3.09. The number of nitrogens with zero attached hydrogens (tertiary/aromatic N) is 7. The second kappa shape index (κ2) is 5.49. The zero-order chi connectivity index (χ0) is 15.7. The van der Waals surface area contributed by atoms with Crippen molar-refractivity contribution in [1.29, 1.82) is 0 Å². The van der Waals surface area contributed by atoms with E-state index < -0.39 is 0 Å². The summed E-state index contributed by atoms with van der Waals surface area (Å²) >= 11 is 5.88. The highest BCUT2D eigenvalue weighted by molar-refractivity contribution is 6.30. The van der Waals surface area contributed by atoms with Gasteiger partial charge in [-0.15, -0.1) is 10.2 Å². The molecule has 0 unspecified atom stereocenters. The van der Waals surface area contributed by atoms with Crippen LogP contribution in [0, 0.1) is 0 Å². The van der Waals surface area contributed by atoms with Gasteiger partial charge in [-0.25, -0.2) is 9.67 Å². The van der Waals surface area contributed by atoms with Crippen molar-refractivity contribution in [2.24, 2.45) is 0 Å². The summed E-state index contributed by atoms with van der Waals surface area (Å²) in [7, 11) is 0. The van der Waals surface area contributed by atoms with Crippen LogP contribution in [-0.4, -0.2) is 35.0 Å². The van der Waals surface area contributed by atoms with Crippen LogP contribution in [0.3, 0.4) is 0 Å². The van der Waals surface area contributed by atoms with E-state index in [1.807, 2.05) is 16.8 Å². The van der Waals surface area contributed by atoms with Crippen molar-refractivity contribution in [2.45, 2.75) is 32.9 Å². The van der Waals surface area contributed by atoms with Gasteiger partial charge in [0.15, 0.2) is 5.82 Å². The minimum Gasteiger partial charge on any atom is -0.243 e. The first-order chi connectivity index (χ1) is 10.4. The molecule has 0 saturated carbocycles. The van der Waals surface area contributed by atoms with Crippen LogP contribution in [0.1, 0.15) is 26.6 Å². The number of halogens is 1. The Balaban J connectivity index is 1.83. The van der Waals surface area contributed by atoms with E-state index in [1.54, 1.807) is 12.1 Å². The molecule has 0 fully saturated rings. The maximum Gasteiger partial charge on any atom is 0.204 e. The van der Waals surface area contributed by atoms with Crippen molar-refractivity contribution in [3.63, 3.8) is 0 Å². The molecule has 3 rings (SSSR count). The van der Waals surface area contributed by atoms with Gasteiger partial charge in [-0.3, -0.25) is 0 Å². The van der Waals surface area contributed by atoms with Crippen LogP contribution in [0.25, 0.3) is 11.4 Å². The molecule has 8 heteroatoms. The molecule has 114 valence electrons. The third-order valence-electron chi connectivity index (χ3n) is 3.09. The Labute approximate surface area is 132 Å². The third-order valence-corrected chi connectivity index (χ3v) is 3.34. The van der Waals surface area contributed by atoms with Crippen LogP contribution in [-0.2, 0) is 12.1 Å². The Hall–Kier alpha value is -2.28. The fourth-order valence-electron chi connectivity index (χ4n) is 2.08. The third kappa shape index (κ3) is 2.99. The molecule has 1 aromatic carbocycles. The monoisotopic (exact) mass is 317 g/mol. The van der Waals surface area contributed by atoms with E-state index in [1.165, 1.54) is 11.1 Å². The number of rotatable bonds is 3. The van der Waals surface area contributed by atoms with E-state index in [0.29, 0.717) is 17.4 Å². The number of tetrazole rings is 1. The molecule has 0 bridgehead atoms. The summed E-state index contributed by atoms with van der Waals surface area (Å²) in [6.45, 7) is 6.62. The van der Waals surface area contributed by atoms with Gasteiger partial charge in [0.25, 0.3) is 0 Å². The second-order valence-corrected chi connectivity index (χ2v) is 6.35. The Bertz CT molecular complexity index is 767. The number of hydrogen-bond donors (Lipinski definition) is 0. The molecule has 7 nitrogen and oxygen atoms in total. The van der Waals surface area contributed by atoms with Crippen molar-refractivity contribution in [3.8, 4) is 11.4 Å². The normalized spacial score (nSPS) is 11.8. The van der Waals surface area contributed by atoms with Crippen LogP contribution in [0.2, 0.25) is 5.02 Å². The summed E-state index contributed by atoms with van der Waals surface area (Å²) < 4.78 is 1.86. The standard InChI is InChI=1S/C14H16ClN7/c1-14(2,3)22-12(16-9-17-22)8-21-19-13(18-20-21)10-4-6-11(15)7-5-10/h4-7,9H,8H2,1-3H3. The predicted molar refractivity (Wildman–Crippen MR) is 82.4 cm³/mol. The van der Waals surface area contributed by atoms with Crippen molar-refractivity contribution < 1.29 is 0 Å². The van der Waals surface area contributed by atoms with Gasteiger partial charge in [0, 0.05) is 10.6 Å². The maximum absolute atomic E-state index is 5.88. The van der Waals surface area contributed by atoms with Crippen molar-refractivity contribution in [3.05, 3.63) is 41.4 Å².